The van der Waals surface area contributed by atoms with Gasteiger partial charge in [-0.2, -0.15) is 4.39 Å². The quantitative estimate of drug-likeness (QED) is 0.426. The highest BCUT2D eigenvalue weighted by atomic mass is 19.1. The Hall–Kier alpha value is -3.69. The molecule has 1 unspecified atom stereocenters. The van der Waals surface area contributed by atoms with Gasteiger partial charge >= 0.3 is 11.7 Å². The Bertz CT molecular complexity index is 937. The second-order valence-corrected chi connectivity index (χ2v) is 5.97. The lowest BCUT2D eigenvalue weighted by Gasteiger charge is -2.15. The lowest BCUT2D eigenvalue weighted by Crippen LogP contribution is -2.30. The molecule has 10 heteroatoms. The molecule has 0 saturated carbocycles. The van der Waals surface area contributed by atoms with Crippen LogP contribution in [0.5, 0.6) is 11.5 Å². The van der Waals surface area contributed by atoms with Gasteiger partial charge in [0, 0.05) is 17.3 Å². The van der Waals surface area contributed by atoms with Crippen molar-refractivity contribution in [2.45, 2.75) is 20.0 Å². The van der Waals surface area contributed by atoms with Crippen molar-refractivity contribution in [3.05, 3.63) is 57.4 Å². The van der Waals surface area contributed by atoms with Crippen molar-refractivity contribution in [1.29, 1.82) is 0 Å². The summed E-state index contributed by atoms with van der Waals surface area (Å²) < 4.78 is 28.9. The number of ether oxygens (including phenoxy) is 3. The molecular formula is C19H19FN2O7. The van der Waals surface area contributed by atoms with Crippen molar-refractivity contribution in [2.24, 2.45) is 0 Å². The maximum atomic E-state index is 13.4. The summed E-state index contributed by atoms with van der Waals surface area (Å²) >= 11 is 0. The molecule has 0 aromatic heterocycles. The fraction of sp³-hybridized carbons (Fsp3) is 0.263. The Morgan fingerprint density at radius 3 is 2.24 bits per heavy atom. The molecule has 0 spiro atoms. The van der Waals surface area contributed by atoms with E-state index in [1.807, 2.05) is 0 Å². The Morgan fingerprint density at radius 1 is 1.14 bits per heavy atom. The number of hydrogen-bond acceptors (Lipinski definition) is 7. The van der Waals surface area contributed by atoms with E-state index in [2.05, 4.69) is 5.32 Å². The average Bonchev–Trinajstić information content (AvgIpc) is 2.69. The van der Waals surface area contributed by atoms with Gasteiger partial charge in [0.1, 0.15) is 11.5 Å². The monoisotopic (exact) mass is 406 g/mol. The molecule has 9 nitrogen and oxygen atoms in total. The van der Waals surface area contributed by atoms with E-state index in [1.54, 1.807) is 6.92 Å². The Balaban J connectivity index is 2.13. The number of carbonyl (C=O) groups is 2. The molecule has 154 valence electrons. The number of esters is 1. The minimum atomic E-state index is -1.23. The number of amides is 1. The number of halogens is 1. The zero-order valence-corrected chi connectivity index (χ0v) is 16.1. The van der Waals surface area contributed by atoms with Gasteiger partial charge in [-0.15, -0.1) is 0 Å². The van der Waals surface area contributed by atoms with Crippen LogP contribution in [0.1, 0.15) is 22.8 Å². The van der Waals surface area contributed by atoms with E-state index in [0.29, 0.717) is 17.1 Å². The molecule has 2 aromatic carbocycles. The number of nitrogens with zero attached hydrogens (tertiary/aromatic N) is 1. The van der Waals surface area contributed by atoms with Gasteiger partial charge < -0.3 is 19.5 Å². The molecule has 2 aromatic rings. The molecule has 29 heavy (non-hydrogen) atoms. The van der Waals surface area contributed by atoms with Gasteiger partial charge in [-0.25, -0.2) is 4.79 Å². The van der Waals surface area contributed by atoms with Crippen molar-refractivity contribution in [3.8, 4) is 11.5 Å². The van der Waals surface area contributed by atoms with Crippen molar-refractivity contribution < 1.29 is 33.1 Å². The van der Waals surface area contributed by atoms with E-state index in [0.717, 1.165) is 18.2 Å². The van der Waals surface area contributed by atoms with Crippen LogP contribution in [0.3, 0.4) is 0 Å². The lowest BCUT2D eigenvalue weighted by molar-refractivity contribution is -0.387. The van der Waals surface area contributed by atoms with Crippen molar-refractivity contribution >= 4 is 23.3 Å². The number of nitrogens with one attached hydrogen (secondary N) is 1. The molecule has 0 aliphatic heterocycles. The topological polar surface area (TPSA) is 117 Å². The van der Waals surface area contributed by atoms with Crippen LogP contribution in [-0.4, -0.2) is 37.1 Å². The van der Waals surface area contributed by atoms with Gasteiger partial charge in [-0.05, 0) is 38.1 Å². The molecule has 1 N–H and O–H groups in total. The minimum absolute atomic E-state index is 0.00956. The Kier molecular flexibility index (Phi) is 6.71. The summed E-state index contributed by atoms with van der Waals surface area (Å²) in [5, 5.41) is 13.1. The normalized spacial score (nSPS) is 11.3. The number of rotatable bonds is 7. The first-order valence-corrected chi connectivity index (χ1v) is 8.36. The predicted octanol–water partition coefficient (Wildman–Crippen LogP) is 3.24. The summed E-state index contributed by atoms with van der Waals surface area (Å²) in [6.45, 7) is 3.08. The van der Waals surface area contributed by atoms with Gasteiger partial charge in [-0.3, -0.25) is 14.9 Å². The molecular weight excluding hydrogens is 387 g/mol. The van der Waals surface area contributed by atoms with Crippen molar-refractivity contribution in [3.63, 3.8) is 0 Å². The van der Waals surface area contributed by atoms with Gasteiger partial charge in [0.05, 0.1) is 24.7 Å². The van der Waals surface area contributed by atoms with E-state index in [-0.39, 0.29) is 11.3 Å². The highest BCUT2D eigenvalue weighted by Gasteiger charge is 2.22. The Labute approximate surface area is 165 Å². The maximum absolute atomic E-state index is 13.4. The van der Waals surface area contributed by atoms with Crippen LogP contribution in [0.15, 0.2) is 30.3 Å². The van der Waals surface area contributed by atoms with Crippen LogP contribution < -0.4 is 14.8 Å². The molecule has 1 atom stereocenters. The molecule has 2 rings (SSSR count). The summed E-state index contributed by atoms with van der Waals surface area (Å²) in [6.07, 6.45) is -1.23. The van der Waals surface area contributed by atoms with Crippen LogP contribution in [-0.2, 0) is 9.53 Å². The molecule has 0 fully saturated rings. The molecule has 0 heterocycles. The van der Waals surface area contributed by atoms with E-state index in [4.69, 9.17) is 14.2 Å². The number of methoxy groups -OCH3 is 2. The molecule has 0 radical (unpaired) electrons. The average molecular weight is 406 g/mol. The van der Waals surface area contributed by atoms with Gasteiger partial charge in [-0.1, -0.05) is 0 Å². The second-order valence-electron chi connectivity index (χ2n) is 5.97. The van der Waals surface area contributed by atoms with Crippen LogP contribution in [0.4, 0.5) is 15.8 Å². The number of carbonyl (C=O) groups excluding carboxylic acids is 2. The third kappa shape index (κ3) is 4.98. The van der Waals surface area contributed by atoms with Crippen LogP contribution in [0.25, 0.3) is 0 Å². The number of nitro benzene ring substituents is 1. The number of benzene rings is 2. The third-order valence-electron chi connectivity index (χ3n) is 4.05. The molecule has 1 amide bonds. The van der Waals surface area contributed by atoms with Crippen molar-refractivity contribution in [1.82, 2.24) is 0 Å². The standard InChI is InChI=1S/C19H19FN2O7/c1-10-16(27-3)7-12(8-17(10)28-4)19(24)29-11(2)18(23)21-13-5-6-14(20)15(9-13)22(25)26/h5-9,11H,1-4H3,(H,21,23). The van der Waals surface area contributed by atoms with E-state index < -0.39 is 34.4 Å². The van der Waals surface area contributed by atoms with Crippen LogP contribution >= 0.6 is 0 Å². The SMILES string of the molecule is COc1cc(C(=O)OC(C)C(=O)Nc2ccc(F)c([N+](=O)[O-])c2)cc(OC)c1C. The summed E-state index contributed by atoms with van der Waals surface area (Å²) in [5.41, 5.74) is 0.00702. The zero-order valence-electron chi connectivity index (χ0n) is 16.1. The number of anilines is 1. The first-order chi connectivity index (χ1) is 13.7. The summed E-state index contributed by atoms with van der Waals surface area (Å²) in [4.78, 5) is 34.5. The number of nitro groups is 1. The first-order valence-electron chi connectivity index (χ1n) is 8.36. The molecule has 0 aliphatic rings. The zero-order chi connectivity index (χ0) is 21.7. The van der Waals surface area contributed by atoms with Gasteiger partial charge in [0.25, 0.3) is 5.91 Å². The van der Waals surface area contributed by atoms with Crippen LogP contribution in [0, 0.1) is 22.9 Å². The summed E-state index contributed by atoms with van der Waals surface area (Å²) in [5.74, 6) is -1.76. The van der Waals surface area contributed by atoms with Crippen molar-refractivity contribution in [2.75, 3.05) is 19.5 Å². The largest absolute Gasteiger partial charge is 0.496 e. The van der Waals surface area contributed by atoms with Crippen LogP contribution in [0.2, 0.25) is 0 Å². The summed E-state index contributed by atoms with van der Waals surface area (Å²) in [6, 6.07) is 5.79. The highest BCUT2D eigenvalue weighted by Crippen LogP contribution is 2.30. The van der Waals surface area contributed by atoms with Gasteiger partial charge in [0.15, 0.2) is 6.10 Å². The third-order valence-corrected chi connectivity index (χ3v) is 4.05. The molecule has 0 bridgehead atoms. The fourth-order valence-electron chi connectivity index (χ4n) is 2.46. The van der Waals surface area contributed by atoms with E-state index >= 15 is 0 Å². The smallest absolute Gasteiger partial charge is 0.339 e. The van der Waals surface area contributed by atoms with E-state index in [9.17, 15) is 24.1 Å². The van der Waals surface area contributed by atoms with E-state index in [1.165, 1.54) is 33.3 Å². The first kappa shape index (κ1) is 21.6. The lowest BCUT2D eigenvalue weighted by atomic mass is 10.1. The molecule has 0 aliphatic carbocycles. The number of hydrogen-bond donors (Lipinski definition) is 1. The molecule has 0 saturated heterocycles. The minimum Gasteiger partial charge on any atom is -0.496 e. The fourth-order valence-corrected chi connectivity index (χ4v) is 2.46. The summed E-state index contributed by atoms with van der Waals surface area (Å²) in [7, 11) is 2.88. The predicted molar refractivity (Wildman–Crippen MR) is 101 cm³/mol. The maximum Gasteiger partial charge on any atom is 0.339 e. The highest BCUT2D eigenvalue weighted by molar-refractivity contribution is 5.97. The Morgan fingerprint density at radius 2 is 1.72 bits per heavy atom. The van der Waals surface area contributed by atoms with Gasteiger partial charge in [0.2, 0.25) is 5.82 Å². The second kappa shape index (κ2) is 9.00.